The van der Waals surface area contributed by atoms with E-state index in [1.165, 1.54) is 5.56 Å². The molecule has 1 aromatic heterocycles. The van der Waals surface area contributed by atoms with Gasteiger partial charge in [0.25, 0.3) is 0 Å². The van der Waals surface area contributed by atoms with Gasteiger partial charge in [0.2, 0.25) is 0 Å². The predicted octanol–water partition coefficient (Wildman–Crippen LogP) is 3.81. The van der Waals surface area contributed by atoms with Gasteiger partial charge in [-0.2, -0.15) is 0 Å². The van der Waals surface area contributed by atoms with Gasteiger partial charge in [-0.25, -0.2) is 9.98 Å². The van der Waals surface area contributed by atoms with Crippen LogP contribution in [0.2, 0.25) is 0 Å². The summed E-state index contributed by atoms with van der Waals surface area (Å²) in [6.45, 7) is 4.83. The SMILES string of the molecule is CCNC(=NCc1cccc(OC)c1)NCc1nccn1Cc1ccccc1.I. The molecule has 3 rings (SSSR count). The molecule has 0 fully saturated rings. The van der Waals surface area contributed by atoms with Crippen LogP contribution >= 0.6 is 24.0 Å². The van der Waals surface area contributed by atoms with E-state index in [2.05, 4.69) is 56.4 Å². The van der Waals surface area contributed by atoms with Crippen LogP contribution in [0.4, 0.5) is 0 Å². The van der Waals surface area contributed by atoms with Gasteiger partial charge in [0.1, 0.15) is 11.6 Å². The first-order chi connectivity index (χ1) is 13.8. The van der Waals surface area contributed by atoms with Gasteiger partial charge in [0.05, 0.1) is 20.2 Å². The predicted molar refractivity (Wildman–Crippen MR) is 128 cm³/mol. The van der Waals surface area contributed by atoms with Crippen molar-refractivity contribution in [3.63, 3.8) is 0 Å². The van der Waals surface area contributed by atoms with Gasteiger partial charge in [-0.15, -0.1) is 24.0 Å². The van der Waals surface area contributed by atoms with E-state index in [-0.39, 0.29) is 24.0 Å². The summed E-state index contributed by atoms with van der Waals surface area (Å²) in [7, 11) is 1.67. The summed E-state index contributed by atoms with van der Waals surface area (Å²) in [6, 6.07) is 18.3. The number of hydrogen-bond acceptors (Lipinski definition) is 3. The van der Waals surface area contributed by atoms with Crippen LogP contribution in [0.15, 0.2) is 72.0 Å². The Morgan fingerprint density at radius 3 is 2.62 bits per heavy atom. The Kier molecular flexibility index (Phi) is 9.49. The lowest BCUT2D eigenvalue weighted by atomic mass is 10.2. The Morgan fingerprint density at radius 2 is 1.86 bits per heavy atom. The second kappa shape index (κ2) is 12.1. The molecule has 0 aliphatic carbocycles. The van der Waals surface area contributed by atoms with E-state index in [1.54, 1.807) is 7.11 Å². The molecule has 0 aliphatic rings. The van der Waals surface area contributed by atoms with Crippen molar-refractivity contribution in [1.29, 1.82) is 0 Å². The van der Waals surface area contributed by atoms with Gasteiger partial charge in [0.15, 0.2) is 5.96 Å². The third-order valence-corrected chi connectivity index (χ3v) is 4.31. The minimum absolute atomic E-state index is 0. The molecule has 7 heteroatoms. The maximum absolute atomic E-state index is 5.28. The van der Waals surface area contributed by atoms with Gasteiger partial charge in [-0.3, -0.25) is 0 Å². The number of aliphatic imine (C=N–C) groups is 1. The Hall–Kier alpha value is -2.55. The van der Waals surface area contributed by atoms with Gasteiger partial charge in [-0.05, 0) is 30.2 Å². The summed E-state index contributed by atoms with van der Waals surface area (Å²) >= 11 is 0. The Balaban J connectivity index is 0.00000300. The molecule has 0 amide bonds. The summed E-state index contributed by atoms with van der Waals surface area (Å²) in [4.78, 5) is 9.16. The first kappa shape index (κ1) is 22.7. The first-order valence-corrected chi connectivity index (χ1v) is 9.47. The van der Waals surface area contributed by atoms with Gasteiger partial charge in [0, 0.05) is 25.5 Å². The quantitative estimate of drug-likeness (QED) is 0.278. The molecule has 154 valence electrons. The van der Waals surface area contributed by atoms with E-state index >= 15 is 0 Å². The van der Waals surface area contributed by atoms with E-state index in [9.17, 15) is 0 Å². The average molecular weight is 505 g/mol. The maximum atomic E-state index is 5.28. The standard InChI is InChI=1S/C22H27N5O.HI/c1-3-23-22(25-15-19-10-7-11-20(14-19)28-2)26-16-21-24-12-13-27(21)17-18-8-5-4-6-9-18;/h4-14H,3,15-17H2,1-2H3,(H2,23,25,26);1H. The number of imidazole rings is 1. The molecule has 6 nitrogen and oxygen atoms in total. The highest BCUT2D eigenvalue weighted by Crippen LogP contribution is 2.13. The fourth-order valence-corrected chi connectivity index (χ4v) is 2.88. The second-order valence-electron chi connectivity index (χ2n) is 6.36. The smallest absolute Gasteiger partial charge is 0.191 e. The zero-order chi connectivity index (χ0) is 19.6. The molecule has 2 N–H and O–H groups in total. The number of methoxy groups -OCH3 is 1. The summed E-state index contributed by atoms with van der Waals surface area (Å²) < 4.78 is 7.42. The van der Waals surface area contributed by atoms with Crippen LogP contribution < -0.4 is 15.4 Å². The fraction of sp³-hybridized carbons (Fsp3) is 0.273. The molecule has 3 aromatic rings. The van der Waals surface area contributed by atoms with Crippen molar-refractivity contribution in [2.75, 3.05) is 13.7 Å². The highest BCUT2D eigenvalue weighted by Gasteiger charge is 2.05. The van der Waals surface area contributed by atoms with Crippen LogP contribution in [-0.4, -0.2) is 29.2 Å². The van der Waals surface area contributed by atoms with E-state index in [0.29, 0.717) is 13.1 Å². The first-order valence-electron chi connectivity index (χ1n) is 9.47. The van der Waals surface area contributed by atoms with E-state index in [1.807, 2.05) is 42.7 Å². The molecule has 0 saturated carbocycles. The maximum Gasteiger partial charge on any atom is 0.191 e. The van der Waals surface area contributed by atoms with Crippen molar-refractivity contribution in [3.8, 4) is 5.75 Å². The van der Waals surface area contributed by atoms with Crippen LogP contribution in [0.3, 0.4) is 0 Å². The Bertz CT molecular complexity index is 895. The summed E-state index contributed by atoms with van der Waals surface area (Å²) in [5.41, 5.74) is 2.35. The minimum Gasteiger partial charge on any atom is -0.497 e. The second-order valence-corrected chi connectivity index (χ2v) is 6.36. The van der Waals surface area contributed by atoms with Crippen LogP contribution in [0.5, 0.6) is 5.75 Å². The van der Waals surface area contributed by atoms with Crippen LogP contribution in [0.25, 0.3) is 0 Å². The van der Waals surface area contributed by atoms with E-state index < -0.39 is 0 Å². The highest BCUT2D eigenvalue weighted by molar-refractivity contribution is 14.0. The van der Waals surface area contributed by atoms with Gasteiger partial charge in [-0.1, -0.05) is 42.5 Å². The van der Waals surface area contributed by atoms with Crippen molar-refractivity contribution >= 4 is 29.9 Å². The topological polar surface area (TPSA) is 63.5 Å². The lowest BCUT2D eigenvalue weighted by Crippen LogP contribution is -2.37. The number of nitrogens with zero attached hydrogens (tertiary/aromatic N) is 3. The monoisotopic (exact) mass is 505 g/mol. The number of ether oxygens (including phenoxy) is 1. The molecule has 0 radical (unpaired) electrons. The molecule has 1 heterocycles. The molecular formula is C22H28IN5O. The Labute approximate surface area is 189 Å². The number of halogens is 1. The highest BCUT2D eigenvalue weighted by atomic mass is 127. The molecular weight excluding hydrogens is 477 g/mol. The van der Waals surface area contributed by atoms with E-state index in [4.69, 9.17) is 4.74 Å². The van der Waals surface area contributed by atoms with E-state index in [0.717, 1.165) is 36.2 Å². The number of aromatic nitrogens is 2. The molecule has 2 aromatic carbocycles. The third kappa shape index (κ3) is 7.08. The molecule has 0 aliphatic heterocycles. The van der Waals surface area contributed by atoms with Crippen molar-refractivity contribution < 1.29 is 4.74 Å². The zero-order valence-electron chi connectivity index (χ0n) is 16.8. The number of nitrogens with one attached hydrogen (secondary N) is 2. The molecule has 0 saturated heterocycles. The lowest BCUT2D eigenvalue weighted by molar-refractivity contribution is 0.414. The lowest BCUT2D eigenvalue weighted by Gasteiger charge is -2.13. The van der Waals surface area contributed by atoms with Crippen LogP contribution in [-0.2, 0) is 19.6 Å². The third-order valence-electron chi connectivity index (χ3n) is 4.31. The van der Waals surface area contributed by atoms with Crippen molar-refractivity contribution in [3.05, 3.63) is 83.9 Å². The number of benzene rings is 2. The van der Waals surface area contributed by atoms with Crippen LogP contribution in [0.1, 0.15) is 23.9 Å². The van der Waals surface area contributed by atoms with Gasteiger partial charge >= 0.3 is 0 Å². The normalized spacial score (nSPS) is 10.9. The van der Waals surface area contributed by atoms with Crippen molar-refractivity contribution in [1.82, 2.24) is 20.2 Å². The summed E-state index contributed by atoms with van der Waals surface area (Å²) in [6.07, 6.45) is 3.84. The molecule has 0 unspecified atom stereocenters. The summed E-state index contributed by atoms with van der Waals surface area (Å²) in [5, 5.41) is 6.66. The van der Waals surface area contributed by atoms with Crippen molar-refractivity contribution in [2.24, 2.45) is 4.99 Å². The summed E-state index contributed by atoms with van der Waals surface area (Å²) in [5.74, 6) is 2.57. The number of rotatable bonds is 8. The average Bonchev–Trinajstić information content (AvgIpc) is 3.18. The Morgan fingerprint density at radius 1 is 1.07 bits per heavy atom. The van der Waals surface area contributed by atoms with Gasteiger partial charge < -0.3 is 19.9 Å². The molecule has 0 atom stereocenters. The fourth-order valence-electron chi connectivity index (χ4n) is 2.88. The number of guanidine groups is 1. The van der Waals surface area contributed by atoms with Crippen molar-refractivity contribution in [2.45, 2.75) is 26.6 Å². The largest absolute Gasteiger partial charge is 0.497 e. The number of hydrogen-bond donors (Lipinski definition) is 2. The molecule has 0 bridgehead atoms. The van der Waals surface area contributed by atoms with Crippen LogP contribution in [0, 0.1) is 0 Å². The zero-order valence-corrected chi connectivity index (χ0v) is 19.2. The molecule has 29 heavy (non-hydrogen) atoms. The molecule has 0 spiro atoms. The minimum atomic E-state index is 0.